The quantitative estimate of drug-likeness (QED) is 0.482. The van der Waals surface area contributed by atoms with E-state index in [-0.39, 0.29) is 0 Å². The van der Waals surface area contributed by atoms with Crippen LogP contribution in [-0.2, 0) is 0 Å². The van der Waals surface area contributed by atoms with Crippen molar-refractivity contribution in [2.24, 2.45) is 10.7 Å². The van der Waals surface area contributed by atoms with Crippen molar-refractivity contribution >= 4 is 34.7 Å². The van der Waals surface area contributed by atoms with Crippen LogP contribution in [0.2, 0.25) is 10.0 Å². The SMILES string of the molecule is NC(=Nc1ccccc1)c1ccccc1-c1cc(Cl)cc(Cl)c1. The number of benzene rings is 3. The van der Waals surface area contributed by atoms with E-state index in [1.807, 2.05) is 66.7 Å². The molecule has 3 aromatic carbocycles. The Kier molecular flexibility index (Phi) is 4.65. The molecule has 23 heavy (non-hydrogen) atoms. The smallest absolute Gasteiger partial charge is 0.131 e. The highest BCUT2D eigenvalue weighted by atomic mass is 35.5. The van der Waals surface area contributed by atoms with Gasteiger partial charge in [-0.1, -0.05) is 65.7 Å². The van der Waals surface area contributed by atoms with E-state index < -0.39 is 0 Å². The lowest BCUT2D eigenvalue weighted by atomic mass is 9.99. The first-order valence-corrected chi connectivity index (χ1v) is 7.84. The summed E-state index contributed by atoms with van der Waals surface area (Å²) in [5, 5.41) is 1.17. The molecule has 2 N–H and O–H groups in total. The van der Waals surface area contributed by atoms with Crippen molar-refractivity contribution in [2.45, 2.75) is 0 Å². The average Bonchev–Trinajstić information content (AvgIpc) is 2.55. The minimum atomic E-state index is 0.447. The Labute approximate surface area is 145 Å². The molecule has 0 saturated heterocycles. The second-order valence-electron chi connectivity index (χ2n) is 5.04. The van der Waals surface area contributed by atoms with Gasteiger partial charge in [-0.15, -0.1) is 0 Å². The van der Waals surface area contributed by atoms with Crippen LogP contribution < -0.4 is 5.73 Å². The largest absolute Gasteiger partial charge is 0.383 e. The van der Waals surface area contributed by atoms with Gasteiger partial charge in [0.1, 0.15) is 5.84 Å². The topological polar surface area (TPSA) is 38.4 Å². The zero-order valence-corrected chi connectivity index (χ0v) is 13.7. The molecule has 0 aromatic heterocycles. The Morgan fingerprint density at radius 2 is 1.39 bits per heavy atom. The molecule has 4 heteroatoms. The second-order valence-corrected chi connectivity index (χ2v) is 5.91. The molecular weight excluding hydrogens is 327 g/mol. The van der Waals surface area contributed by atoms with Crippen LogP contribution in [0.3, 0.4) is 0 Å². The molecule has 0 spiro atoms. The van der Waals surface area contributed by atoms with Crippen molar-refractivity contribution in [3.05, 3.63) is 88.4 Å². The zero-order valence-electron chi connectivity index (χ0n) is 12.2. The summed E-state index contributed by atoms with van der Waals surface area (Å²) in [4.78, 5) is 4.49. The molecule has 0 radical (unpaired) electrons. The van der Waals surface area contributed by atoms with Gasteiger partial charge in [0.2, 0.25) is 0 Å². The lowest BCUT2D eigenvalue weighted by Gasteiger charge is -2.10. The number of para-hydroxylation sites is 1. The molecule has 0 fully saturated rings. The highest BCUT2D eigenvalue weighted by Gasteiger charge is 2.09. The van der Waals surface area contributed by atoms with Crippen LogP contribution in [0.5, 0.6) is 0 Å². The van der Waals surface area contributed by atoms with Gasteiger partial charge in [0.25, 0.3) is 0 Å². The third kappa shape index (κ3) is 3.73. The number of nitrogens with two attached hydrogens (primary N) is 1. The molecular formula is C19H14Cl2N2. The first kappa shape index (κ1) is 15.6. The van der Waals surface area contributed by atoms with E-state index in [0.717, 1.165) is 22.4 Å². The van der Waals surface area contributed by atoms with Gasteiger partial charge in [0.15, 0.2) is 0 Å². The minimum Gasteiger partial charge on any atom is -0.383 e. The van der Waals surface area contributed by atoms with Crippen molar-refractivity contribution in [2.75, 3.05) is 0 Å². The average molecular weight is 341 g/mol. The van der Waals surface area contributed by atoms with Crippen molar-refractivity contribution in [1.82, 2.24) is 0 Å². The lowest BCUT2D eigenvalue weighted by Crippen LogP contribution is -2.14. The van der Waals surface area contributed by atoms with E-state index in [2.05, 4.69) is 4.99 Å². The molecule has 0 atom stereocenters. The molecule has 0 aliphatic carbocycles. The van der Waals surface area contributed by atoms with E-state index in [9.17, 15) is 0 Å². The molecule has 0 aliphatic heterocycles. The maximum atomic E-state index is 6.23. The van der Waals surface area contributed by atoms with E-state index in [1.165, 1.54) is 0 Å². The lowest BCUT2D eigenvalue weighted by molar-refractivity contribution is 1.45. The van der Waals surface area contributed by atoms with Gasteiger partial charge in [-0.25, -0.2) is 4.99 Å². The molecule has 3 aromatic rings. The minimum absolute atomic E-state index is 0.447. The summed E-state index contributed by atoms with van der Waals surface area (Å²) < 4.78 is 0. The number of hydrogen-bond acceptors (Lipinski definition) is 1. The molecule has 114 valence electrons. The number of hydrogen-bond donors (Lipinski definition) is 1. The van der Waals surface area contributed by atoms with E-state index >= 15 is 0 Å². The fraction of sp³-hybridized carbons (Fsp3) is 0. The van der Waals surface area contributed by atoms with Gasteiger partial charge in [-0.3, -0.25) is 0 Å². The summed E-state index contributed by atoms with van der Waals surface area (Å²) in [6.45, 7) is 0. The maximum absolute atomic E-state index is 6.23. The van der Waals surface area contributed by atoms with E-state index in [0.29, 0.717) is 15.9 Å². The Bertz CT molecular complexity index is 838. The summed E-state index contributed by atoms with van der Waals surface area (Å²) in [7, 11) is 0. The van der Waals surface area contributed by atoms with E-state index in [1.54, 1.807) is 6.07 Å². The summed E-state index contributed by atoms with van der Waals surface area (Å²) in [5.74, 6) is 0.447. The molecule has 0 amide bonds. The Morgan fingerprint density at radius 3 is 2.09 bits per heavy atom. The highest BCUT2D eigenvalue weighted by molar-refractivity contribution is 6.35. The summed E-state index contributed by atoms with van der Waals surface area (Å²) in [6.07, 6.45) is 0. The Balaban J connectivity index is 2.09. The Hall–Kier alpha value is -2.29. The van der Waals surface area contributed by atoms with Gasteiger partial charge in [0, 0.05) is 15.6 Å². The van der Waals surface area contributed by atoms with Crippen LogP contribution >= 0.6 is 23.2 Å². The van der Waals surface area contributed by atoms with Crippen LogP contribution in [0.4, 0.5) is 5.69 Å². The maximum Gasteiger partial charge on any atom is 0.131 e. The molecule has 0 bridgehead atoms. The van der Waals surface area contributed by atoms with Gasteiger partial charge >= 0.3 is 0 Å². The first-order chi connectivity index (χ1) is 11.1. The highest BCUT2D eigenvalue weighted by Crippen LogP contribution is 2.30. The fourth-order valence-corrected chi connectivity index (χ4v) is 2.90. The third-order valence-electron chi connectivity index (χ3n) is 3.38. The monoisotopic (exact) mass is 340 g/mol. The van der Waals surface area contributed by atoms with Crippen LogP contribution in [-0.4, -0.2) is 5.84 Å². The number of rotatable bonds is 3. The molecule has 2 nitrogen and oxygen atoms in total. The molecule has 0 heterocycles. The van der Waals surface area contributed by atoms with Crippen LogP contribution in [0, 0.1) is 0 Å². The third-order valence-corrected chi connectivity index (χ3v) is 3.82. The molecule has 0 saturated carbocycles. The van der Waals surface area contributed by atoms with Gasteiger partial charge in [-0.2, -0.15) is 0 Å². The summed E-state index contributed by atoms with van der Waals surface area (Å²) in [5.41, 5.74) is 9.72. The van der Waals surface area contributed by atoms with Crippen molar-refractivity contribution < 1.29 is 0 Å². The molecule has 0 aliphatic rings. The van der Waals surface area contributed by atoms with Crippen molar-refractivity contribution in [3.63, 3.8) is 0 Å². The number of aliphatic imine (C=N–C) groups is 1. The summed E-state index contributed by atoms with van der Waals surface area (Å²) in [6, 6.07) is 22.8. The number of halogens is 2. The summed E-state index contributed by atoms with van der Waals surface area (Å²) >= 11 is 12.2. The van der Waals surface area contributed by atoms with Gasteiger partial charge in [-0.05, 0) is 41.5 Å². The zero-order chi connectivity index (χ0) is 16.2. The van der Waals surface area contributed by atoms with E-state index in [4.69, 9.17) is 28.9 Å². The predicted molar refractivity (Wildman–Crippen MR) is 98.7 cm³/mol. The van der Waals surface area contributed by atoms with Crippen LogP contribution in [0.1, 0.15) is 5.56 Å². The Morgan fingerprint density at radius 1 is 0.783 bits per heavy atom. The van der Waals surface area contributed by atoms with Crippen molar-refractivity contribution in [1.29, 1.82) is 0 Å². The fourth-order valence-electron chi connectivity index (χ4n) is 2.37. The standard InChI is InChI=1S/C19H14Cl2N2/c20-14-10-13(11-15(21)12-14)17-8-4-5-9-18(17)19(22)23-16-6-2-1-3-7-16/h1-12H,(H2,22,23). The number of amidine groups is 1. The normalized spacial score (nSPS) is 11.5. The predicted octanol–water partition coefficient (Wildman–Crippen LogP) is 5.70. The number of nitrogens with zero attached hydrogens (tertiary/aromatic N) is 1. The van der Waals surface area contributed by atoms with Gasteiger partial charge in [0.05, 0.1) is 5.69 Å². The second kappa shape index (κ2) is 6.86. The van der Waals surface area contributed by atoms with Crippen LogP contribution in [0.25, 0.3) is 11.1 Å². The molecule has 0 unspecified atom stereocenters. The molecule has 3 rings (SSSR count). The first-order valence-electron chi connectivity index (χ1n) is 7.08. The van der Waals surface area contributed by atoms with Crippen LogP contribution in [0.15, 0.2) is 77.8 Å². The van der Waals surface area contributed by atoms with Crippen molar-refractivity contribution in [3.8, 4) is 11.1 Å². The van der Waals surface area contributed by atoms with Gasteiger partial charge < -0.3 is 5.73 Å².